The number of hydrogen-bond acceptors (Lipinski definition) is 7. The number of ether oxygens (including phenoxy) is 2. The fourth-order valence-electron chi connectivity index (χ4n) is 7.30. The van der Waals surface area contributed by atoms with Crippen LogP contribution >= 0.6 is 0 Å². The molecule has 8 atom stereocenters. The number of nitrogens with zero attached hydrogens (tertiary/aromatic N) is 2. The average molecular weight is 624 g/mol. The van der Waals surface area contributed by atoms with Crippen molar-refractivity contribution in [2.24, 2.45) is 17.8 Å². The molecule has 0 aromatic heterocycles. The number of benzene rings is 1. The first-order valence-corrected chi connectivity index (χ1v) is 16.1. The van der Waals surface area contributed by atoms with E-state index in [1.54, 1.807) is 24.0 Å². The third-order valence-corrected chi connectivity index (χ3v) is 9.80. The van der Waals surface area contributed by atoms with Crippen LogP contribution in [0.3, 0.4) is 0 Å². The number of rotatable bonds is 15. The van der Waals surface area contributed by atoms with Gasteiger partial charge < -0.3 is 29.7 Å². The number of aliphatic hydroxyl groups is 1. The van der Waals surface area contributed by atoms with Crippen LogP contribution in [0.25, 0.3) is 0 Å². The van der Waals surface area contributed by atoms with Gasteiger partial charge in [-0.05, 0) is 63.1 Å². The lowest BCUT2D eigenvalue weighted by molar-refractivity contribution is -0.160. The Hall–Kier alpha value is -3.50. The van der Waals surface area contributed by atoms with Gasteiger partial charge in [0.1, 0.15) is 17.7 Å². The maximum atomic E-state index is 14.9. The molecule has 246 valence electrons. The Balaban J connectivity index is 1.70. The molecule has 3 saturated heterocycles. The van der Waals surface area contributed by atoms with Gasteiger partial charge in [-0.25, -0.2) is 0 Å². The maximum absolute atomic E-state index is 14.9. The predicted octanol–water partition coefficient (Wildman–Crippen LogP) is 3.62. The molecule has 10 heteroatoms. The molecule has 2 N–H and O–H groups in total. The molecule has 3 heterocycles. The Morgan fingerprint density at radius 2 is 1.98 bits per heavy atom. The Morgan fingerprint density at radius 3 is 2.62 bits per heavy atom. The fourth-order valence-corrected chi connectivity index (χ4v) is 7.30. The number of anilines is 1. The third-order valence-electron chi connectivity index (χ3n) is 9.80. The minimum atomic E-state index is -1.25. The summed E-state index contributed by atoms with van der Waals surface area (Å²) in [7, 11) is 0. The number of amides is 3. The van der Waals surface area contributed by atoms with Gasteiger partial charge in [0.2, 0.25) is 11.8 Å². The quantitative estimate of drug-likeness (QED) is 0.226. The van der Waals surface area contributed by atoms with Gasteiger partial charge in [-0.1, -0.05) is 44.6 Å². The Kier molecular flexibility index (Phi) is 10.9. The van der Waals surface area contributed by atoms with Crippen LogP contribution in [0, 0.1) is 31.6 Å². The summed E-state index contributed by atoms with van der Waals surface area (Å²) in [6.07, 6.45) is 4.52. The van der Waals surface area contributed by atoms with E-state index < -0.39 is 47.7 Å². The van der Waals surface area contributed by atoms with Crippen molar-refractivity contribution in [3.8, 4) is 0 Å². The zero-order valence-electron chi connectivity index (χ0n) is 27.3. The number of esters is 1. The number of allylic oxidation sites excluding steroid dienone is 1. The molecule has 3 amide bonds. The van der Waals surface area contributed by atoms with Crippen LogP contribution in [-0.4, -0.2) is 83.3 Å². The summed E-state index contributed by atoms with van der Waals surface area (Å²) in [5.41, 5.74) is 1.34. The number of likely N-dealkylation sites (tertiary alicyclic amines) is 1. The van der Waals surface area contributed by atoms with Gasteiger partial charge in [-0.3, -0.25) is 19.2 Å². The monoisotopic (exact) mass is 623 g/mol. The van der Waals surface area contributed by atoms with Crippen LogP contribution in [-0.2, 0) is 28.7 Å². The Morgan fingerprint density at radius 1 is 1.24 bits per heavy atom. The summed E-state index contributed by atoms with van der Waals surface area (Å²) >= 11 is 0. The van der Waals surface area contributed by atoms with Crippen molar-refractivity contribution in [1.29, 1.82) is 0 Å². The molecule has 1 spiro atoms. The molecule has 3 aliphatic rings. The average Bonchev–Trinajstić information content (AvgIpc) is 3.66. The fraction of sp³-hybridized carbons (Fsp3) is 0.600. The molecule has 45 heavy (non-hydrogen) atoms. The molecule has 1 aromatic rings. The normalized spacial score (nSPS) is 27.0. The molecule has 10 nitrogen and oxygen atoms in total. The van der Waals surface area contributed by atoms with Crippen LogP contribution in [0.15, 0.2) is 43.5 Å². The maximum Gasteiger partial charge on any atom is 0.312 e. The molecule has 3 fully saturated rings. The van der Waals surface area contributed by atoms with E-state index in [4.69, 9.17) is 9.47 Å². The van der Waals surface area contributed by atoms with E-state index in [1.807, 2.05) is 45.9 Å². The van der Waals surface area contributed by atoms with Crippen LogP contribution in [0.2, 0.25) is 0 Å². The highest BCUT2D eigenvalue weighted by atomic mass is 16.6. The topological polar surface area (TPSA) is 125 Å². The molecule has 2 bridgehead atoms. The molecular formula is C35H49N3O7. The van der Waals surface area contributed by atoms with Gasteiger partial charge in [0.05, 0.1) is 37.1 Å². The number of fused-ring (bicyclic) bond motifs is 1. The van der Waals surface area contributed by atoms with E-state index in [0.717, 1.165) is 11.1 Å². The molecule has 3 aliphatic heterocycles. The number of aryl methyl sites for hydroxylation is 2. The minimum Gasteiger partial charge on any atom is -0.460 e. The van der Waals surface area contributed by atoms with Gasteiger partial charge in [0.25, 0.3) is 5.91 Å². The Labute approximate surface area is 266 Å². The van der Waals surface area contributed by atoms with Gasteiger partial charge in [-0.2, -0.15) is 0 Å². The zero-order valence-corrected chi connectivity index (χ0v) is 27.3. The molecular weight excluding hydrogens is 574 g/mol. The summed E-state index contributed by atoms with van der Waals surface area (Å²) in [4.78, 5) is 58.4. The van der Waals surface area contributed by atoms with Crippen molar-refractivity contribution in [1.82, 2.24) is 10.2 Å². The molecule has 4 rings (SSSR count). The highest BCUT2D eigenvalue weighted by Crippen LogP contribution is 2.59. The van der Waals surface area contributed by atoms with Crippen LogP contribution in [0.1, 0.15) is 64.0 Å². The van der Waals surface area contributed by atoms with Crippen LogP contribution in [0.4, 0.5) is 5.69 Å². The second-order valence-electron chi connectivity index (χ2n) is 12.8. The van der Waals surface area contributed by atoms with Crippen LogP contribution in [0.5, 0.6) is 0 Å². The highest BCUT2D eigenvalue weighted by molar-refractivity contribution is 6.05. The van der Waals surface area contributed by atoms with E-state index in [0.29, 0.717) is 37.8 Å². The van der Waals surface area contributed by atoms with E-state index in [1.165, 1.54) is 4.90 Å². The number of carbonyl (C=O) groups is 4. The van der Waals surface area contributed by atoms with Crippen LogP contribution < -0.4 is 10.2 Å². The third kappa shape index (κ3) is 6.45. The van der Waals surface area contributed by atoms with Crippen molar-refractivity contribution in [3.63, 3.8) is 0 Å². The summed E-state index contributed by atoms with van der Waals surface area (Å²) in [5, 5.41) is 13.4. The lowest BCUT2D eigenvalue weighted by Crippen LogP contribution is -2.60. The van der Waals surface area contributed by atoms with E-state index in [9.17, 15) is 24.3 Å². The van der Waals surface area contributed by atoms with Gasteiger partial charge >= 0.3 is 5.97 Å². The summed E-state index contributed by atoms with van der Waals surface area (Å²) < 4.78 is 12.4. The SMILES string of the molecule is C=CCCC(=O)NC[C@@H](C)OC(=O)[C@@H]1[C@H]2C(=O)N([C@@H](CO)[C@@H](C)CC)[C@H](C(=O)N(CC=C)c3cc(C)ccc3C)[C@]23CC[C@H]1O3. The molecule has 0 saturated carbocycles. The first-order valence-electron chi connectivity index (χ1n) is 16.1. The van der Waals surface area contributed by atoms with Crippen molar-refractivity contribution >= 4 is 29.4 Å². The molecule has 0 radical (unpaired) electrons. The number of nitrogens with one attached hydrogen (secondary N) is 1. The predicted molar refractivity (Wildman–Crippen MR) is 171 cm³/mol. The van der Waals surface area contributed by atoms with Crippen molar-refractivity contribution in [3.05, 3.63) is 54.6 Å². The zero-order chi connectivity index (χ0) is 33.1. The molecule has 0 unspecified atom stereocenters. The Bertz CT molecular complexity index is 1310. The summed E-state index contributed by atoms with van der Waals surface area (Å²) in [6.45, 7) is 17.0. The van der Waals surface area contributed by atoms with E-state index in [2.05, 4.69) is 18.5 Å². The summed E-state index contributed by atoms with van der Waals surface area (Å²) in [5.74, 6) is -3.42. The lowest BCUT2D eigenvalue weighted by Gasteiger charge is -2.41. The smallest absolute Gasteiger partial charge is 0.312 e. The summed E-state index contributed by atoms with van der Waals surface area (Å²) in [6, 6.07) is 4.17. The lowest BCUT2D eigenvalue weighted by atomic mass is 9.70. The second-order valence-corrected chi connectivity index (χ2v) is 12.8. The number of aliphatic hydroxyl groups excluding tert-OH is 1. The van der Waals surface area contributed by atoms with E-state index in [-0.39, 0.29) is 43.3 Å². The number of hydrogen-bond donors (Lipinski definition) is 2. The number of carbonyl (C=O) groups excluding carboxylic acids is 4. The first kappa shape index (κ1) is 34.4. The highest BCUT2D eigenvalue weighted by Gasteiger charge is 2.76. The van der Waals surface area contributed by atoms with Gasteiger partial charge in [0.15, 0.2) is 0 Å². The van der Waals surface area contributed by atoms with Crippen molar-refractivity contribution in [2.75, 3.05) is 24.6 Å². The second kappa shape index (κ2) is 14.3. The van der Waals surface area contributed by atoms with E-state index >= 15 is 0 Å². The molecule has 0 aliphatic carbocycles. The minimum absolute atomic E-state index is 0.120. The van der Waals surface area contributed by atoms with Gasteiger partial charge in [-0.15, -0.1) is 13.2 Å². The van der Waals surface area contributed by atoms with Crippen molar-refractivity contribution in [2.45, 2.75) is 96.6 Å². The standard InChI is InChI=1S/C35H49N3O7/c1-8-11-12-28(40)36-19-24(7)44-34(43)29-27-15-16-35(45-27)30(29)32(41)38(26(20-39)22(5)10-3)31(35)33(42)37(17-9-2)25-18-21(4)13-14-23(25)6/h8-9,13-14,18,22,24,26-27,29-31,39H,1-2,10-12,15-17,19-20H2,3-7H3,(H,36,40)/t22-,24+,26-,27+,29-,30-,31+,35-/m0/s1. The van der Waals surface area contributed by atoms with Gasteiger partial charge in [0, 0.05) is 18.7 Å². The van der Waals surface area contributed by atoms with Crippen molar-refractivity contribution < 1.29 is 33.8 Å². The molecule has 1 aromatic carbocycles. The largest absolute Gasteiger partial charge is 0.460 e. The first-order chi connectivity index (χ1) is 21.4.